The number of carboxylic acid groups (broad SMARTS) is 1. The van der Waals surface area contributed by atoms with Gasteiger partial charge in [0.05, 0.1) is 24.4 Å². The van der Waals surface area contributed by atoms with E-state index < -0.39 is 5.97 Å². The van der Waals surface area contributed by atoms with Crippen LogP contribution in [-0.2, 0) is 4.79 Å². The highest BCUT2D eigenvalue weighted by molar-refractivity contribution is 5.93. The third kappa shape index (κ3) is 3.47. The summed E-state index contributed by atoms with van der Waals surface area (Å²) in [6.45, 7) is 1.77. The maximum Gasteiger partial charge on any atom is 0.306 e. The molecule has 2 aromatic rings. The van der Waals surface area contributed by atoms with E-state index >= 15 is 0 Å². The number of ether oxygens (including phenoxy) is 1. The fourth-order valence-electron chi connectivity index (χ4n) is 3.10. The molecule has 0 bridgehead atoms. The number of carbonyl (C=O) groups is 2. The lowest BCUT2D eigenvalue weighted by molar-refractivity contribution is -0.141. The standard InChI is InChI=1S/C17H20N4O4/c1-10-15(16(22)18-12-4-3-11(9-12)17(23)24)19-20-21(10)13-5-7-14(25-2)8-6-13/h5-8,11-12H,3-4,9H2,1-2H3,(H,18,22)(H,23,24)/t11-,12+/m0/s1. The van der Waals surface area contributed by atoms with Gasteiger partial charge in [0, 0.05) is 6.04 Å². The molecule has 1 amide bonds. The molecule has 1 fully saturated rings. The van der Waals surface area contributed by atoms with E-state index in [9.17, 15) is 9.59 Å². The number of aromatic nitrogens is 3. The van der Waals surface area contributed by atoms with Gasteiger partial charge in [0.1, 0.15) is 5.75 Å². The van der Waals surface area contributed by atoms with E-state index in [1.165, 1.54) is 0 Å². The highest BCUT2D eigenvalue weighted by atomic mass is 16.5. The largest absolute Gasteiger partial charge is 0.497 e. The van der Waals surface area contributed by atoms with Gasteiger partial charge in [-0.1, -0.05) is 5.21 Å². The van der Waals surface area contributed by atoms with Crippen LogP contribution in [0.2, 0.25) is 0 Å². The van der Waals surface area contributed by atoms with Crippen LogP contribution in [0, 0.1) is 12.8 Å². The lowest BCUT2D eigenvalue weighted by atomic mass is 10.1. The molecule has 8 nitrogen and oxygen atoms in total. The molecule has 0 unspecified atom stereocenters. The second kappa shape index (κ2) is 6.92. The number of hydrogen-bond donors (Lipinski definition) is 2. The quantitative estimate of drug-likeness (QED) is 0.853. The third-order valence-corrected chi connectivity index (χ3v) is 4.54. The van der Waals surface area contributed by atoms with Crippen LogP contribution in [0.15, 0.2) is 24.3 Å². The zero-order valence-corrected chi connectivity index (χ0v) is 14.1. The number of aliphatic carboxylic acids is 1. The predicted octanol–water partition coefficient (Wildman–Crippen LogP) is 1.57. The molecule has 3 rings (SSSR count). The van der Waals surface area contributed by atoms with Crippen molar-refractivity contribution in [3.63, 3.8) is 0 Å². The first-order chi connectivity index (χ1) is 12.0. The van der Waals surface area contributed by atoms with Crippen LogP contribution in [0.25, 0.3) is 5.69 Å². The van der Waals surface area contributed by atoms with Gasteiger partial charge in [-0.05, 0) is 50.5 Å². The number of nitrogens with one attached hydrogen (secondary N) is 1. The summed E-state index contributed by atoms with van der Waals surface area (Å²) >= 11 is 0. The van der Waals surface area contributed by atoms with Gasteiger partial charge in [-0.25, -0.2) is 4.68 Å². The third-order valence-electron chi connectivity index (χ3n) is 4.54. The zero-order valence-electron chi connectivity index (χ0n) is 14.1. The van der Waals surface area contributed by atoms with E-state index in [1.807, 2.05) is 12.1 Å². The monoisotopic (exact) mass is 344 g/mol. The van der Waals surface area contributed by atoms with Crippen LogP contribution in [0.3, 0.4) is 0 Å². The lowest BCUT2D eigenvalue weighted by Gasteiger charge is -2.11. The summed E-state index contributed by atoms with van der Waals surface area (Å²) in [6.07, 6.45) is 1.69. The fraction of sp³-hybridized carbons (Fsp3) is 0.412. The van der Waals surface area contributed by atoms with Crippen molar-refractivity contribution in [2.75, 3.05) is 7.11 Å². The van der Waals surface area contributed by atoms with Gasteiger partial charge < -0.3 is 15.2 Å². The molecule has 2 atom stereocenters. The summed E-state index contributed by atoms with van der Waals surface area (Å²) in [4.78, 5) is 23.5. The number of rotatable bonds is 5. The smallest absolute Gasteiger partial charge is 0.306 e. The van der Waals surface area contributed by atoms with Crippen LogP contribution in [0.4, 0.5) is 0 Å². The fourth-order valence-corrected chi connectivity index (χ4v) is 3.10. The zero-order chi connectivity index (χ0) is 18.0. The summed E-state index contributed by atoms with van der Waals surface area (Å²) < 4.78 is 6.71. The highest BCUT2D eigenvalue weighted by Gasteiger charge is 2.31. The number of nitrogens with zero attached hydrogens (tertiary/aromatic N) is 3. The molecule has 25 heavy (non-hydrogen) atoms. The minimum Gasteiger partial charge on any atom is -0.497 e. The summed E-state index contributed by atoms with van der Waals surface area (Å²) in [6, 6.07) is 7.13. The number of carboxylic acids is 1. The Hall–Kier alpha value is -2.90. The average molecular weight is 344 g/mol. The molecule has 1 aromatic carbocycles. The van der Waals surface area contributed by atoms with Gasteiger partial charge in [0.15, 0.2) is 5.69 Å². The average Bonchev–Trinajstić information content (AvgIpc) is 3.22. The van der Waals surface area contributed by atoms with Gasteiger partial charge >= 0.3 is 5.97 Å². The van der Waals surface area contributed by atoms with Gasteiger partial charge in [0.25, 0.3) is 5.91 Å². The SMILES string of the molecule is COc1ccc(-n2nnc(C(=O)N[C@@H]3CC[C@H](C(=O)O)C3)c2C)cc1. The Balaban J connectivity index is 1.72. The van der Waals surface area contributed by atoms with Crippen molar-refractivity contribution in [1.29, 1.82) is 0 Å². The van der Waals surface area contributed by atoms with Crippen LogP contribution < -0.4 is 10.1 Å². The van der Waals surface area contributed by atoms with Crippen molar-refractivity contribution in [3.8, 4) is 11.4 Å². The molecule has 1 aromatic heterocycles. The van der Waals surface area contributed by atoms with Crippen molar-refractivity contribution in [2.24, 2.45) is 5.92 Å². The molecule has 0 spiro atoms. The Morgan fingerprint density at radius 2 is 2.00 bits per heavy atom. The van der Waals surface area contributed by atoms with Crippen LogP contribution >= 0.6 is 0 Å². The lowest BCUT2D eigenvalue weighted by Crippen LogP contribution is -2.34. The number of hydrogen-bond acceptors (Lipinski definition) is 5. The van der Waals surface area contributed by atoms with Crippen molar-refractivity contribution in [1.82, 2.24) is 20.3 Å². The topological polar surface area (TPSA) is 106 Å². The van der Waals surface area contributed by atoms with E-state index in [0.717, 1.165) is 11.4 Å². The molecule has 8 heteroatoms. The molecule has 0 saturated heterocycles. The van der Waals surface area contributed by atoms with Crippen LogP contribution in [0.1, 0.15) is 35.4 Å². The van der Waals surface area contributed by atoms with Gasteiger partial charge in [-0.2, -0.15) is 0 Å². The van der Waals surface area contributed by atoms with E-state index in [1.54, 1.807) is 30.8 Å². The van der Waals surface area contributed by atoms with Crippen LogP contribution in [-0.4, -0.2) is 45.1 Å². The van der Waals surface area contributed by atoms with Gasteiger partial charge in [-0.3, -0.25) is 9.59 Å². The first-order valence-corrected chi connectivity index (χ1v) is 8.10. The Kier molecular flexibility index (Phi) is 4.69. The van der Waals surface area contributed by atoms with Crippen molar-refractivity contribution < 1.29 is 19.4 Å². The maximum atomic E-state index is 12.4. The molecule has 132 valence electrons. The summed E-state index contributed by atoms with van der Waals surface area (Å²) in [5, 5.41) is 19.9. The number of benzene rings is 1. The first kappa shape index (κ1) is 16.9. The Labute approximate surface area is 144 Å². The summed E-state index contributed by atoms with van der Waals surface area (Å²) in [5.41, 5.74) is 1.64. The van der Waals surface area contributed by atoms with Crippen molar-refractivity contribution >= 4 is 11.9 Å². The molecule has 0 radical (unpaired) electrons. The maximum absolute atomic E-state index is 12.4. The van der Waals surface area contributed by atoms with E-state index in [-0.39, 0.29) is 23.6 Å². The molecule has 1 saturated carbocycles. The van der Waals surface area contributed by atoms with Crippen LogP contribution in [0.5, 0.6) is 5.75 Å². The molecular weight excluding hydrogens is 324 g/mol. The molecule has 2 N–H and O–H groups in total. The minimum absolute atomic E-state index is 0.140. The van der Waals surface area contributed by atoms with E-state index in [0.29, 0.717) is 25.0 Å². The second-order valence-electron chi connectivity index (χ2n) is 6.15. The van der Waals surface area contributed by atoms with E-state index in [4.69, 9.17) is 9.84 Å². The molecule has 1 heterocycles. The number of carbonyl (C=O) groups excluding carboxylic acids is 1. The highest BCUT2D eigenvalue weighted by Crippen LogP contribution is 2.26. The molecule has 1 aliphatic carbocycles. The Morgan fingerprint density at radius 3 is 2.60 bits per heavy atom. The van der Waals surface area contributed by atoms with E-state index in [2.05, 4.69) is 15.6 Å². The molecule has 0 aliphatic heterocycles. The van der Waals surface area contributed by atoms with Gasteiger partial charge in [0.2, 0.25) is 0 Å². The predicted molar refractivity (Wildman–Crippen MR) is 88.9 cm³/mol. The number of methoxy groups -OCH3 is 1. The van der Waals surface area contributed by atoms with Crippen molar-refractivity contribution in [3.05, 3.63) is 35.7 Å². The molecule has 1 aliphatic rings. The second-order valence-corrected chi connectivity index (χ2v) is 6.15. The number of amides is 1. The first-order valence-electron chi connectivity index (χ1n) is 8.10. The normalized spacial score (nSPS) is 19.6. The summed E-state index contributed by atoms with van der Waals surface area (Å²) in [5.74, 6) is -0.790. The van der Waals surface area contributed by atoms with Crippen molar-refractivity contribution in [2.45, 2.75) is 32.2 Å². The molecular formula is C17H20N4O4. The Bertz CT molecular complexity index is 784. The Morgan fingerprint density at radius 1 is 1.28 bits per heavy atom. The summed E-state index contributed by atoms with van der Waals surface area (Å²) in [7, 11) is 1.59. The minimum atomic E-state index is -0.807. The van der Waals surface area contributed by atoms with Gasteiger partial charge in [-0.15, -0.1) is 5.10 Å².